The molecule has 0 radical (unpaired) electrons. The van der Waals surface area contributed by atoms with E-state index < -0.39 is 5.41 Å². The summed E-state index contributed by atoms with van der Waals surface area (Å²) in [6.45, 7) is 2.03. The Kier molecular flexibility index (Phi) is 4.65. The Labute approximate surface area is 163 Å². The summed E-state index contributed by atoms with van der Waals surface area (Å²) in [6, 6.07) is 18.5. The molecule has 2 aromatic carbocycles. The van der Waals surface area contributed by atoms with E-state index in [4.69, 9.17) is 0 Å². The SMILES string of the molecule is Cc1cccc(C2(C(=O)Nc3cccc(C(=O)Nc4ccncc4)c3)CC2)c1. The van der Waals surface area contributed by atoms with Crippen LogP contribution in [-0.4, -0.2) is 16.8 Å². The van der Waals surface area contributed by atoms with E-state index >= 15 is 0 Å². The lowest BCUT2D eigenvalue weighted by atomic mass is 9.93. The van der Waals surface area contributed by atoms with E-state index in [0.29, 0.717) is 16.9 Å². The third-order valence-electron chi connectivity index (χ3n) is 5.08. The van der Waals surface area contributed by atoms with Crippen LogP contribution >= 0.6 is 0 Å². The van der Waals surface area contributed by atoms with Crippen molar-refractivity contribution >= 4 is 23.2 Å². The average molecular weight is 371 g/mol. The van der Waals surface area contributed by atoms with Crippen LogP contribution in [0.1, 0.15) is 34.3 Å². The van der Waals surface area contributed by atoms with Crippen LogP contribution < -0.4 is 10.6 Å². The highest BCUT2D eigenvalue weighted by molar-refractivity contribution is 6.06. The third kappa shape index (κ3) is 3.64. The molecule has 0 aliphatic heterocycles. The van der Waals surface area contributed by atoms with E-state index in [-0.39, 0.29) is 11.8 Å². The van der Waals surface area contributed by atoms with Crippen molar-refractivity contribution in [3.63, 3.8) is 0 Å². The van der Waals surface area contributed by atoms with Gasteiger partial charge in [-0.1, -0.05) is 35.9 Å². The molecule has 5 heteroatoms. The molecule has 0 spiro atoms. The van der Waals surface area contributed by atoms with E-state index in [1.54, 1.807) is 48.8 Å². The second-order valence-electron chi connectivity index (χ2n) is 7.18. The molecule has 0 atom stereocenters. The number of amides is 2. The molecule has 1 saturated carbocycles. The lowest BCUT2D eigenvalue weighted by molar-refractivity contribution is -0.118. The second-order valence-corrected chi connectivity index (χ2v) is 7.18. The number of anilines is 2. The zero-order valence-corrected chi connectivity index (χ0v) is 15.6. The van der Waals surface area contributed by atoms with Gasteiger partial charge in [0, 0.05) is 29.3 Å². The highest BCUT2D eigenvalue weighted by atomic mass is 16.2. The molecular formula is C23H21N3O2. The first-order chi connectivity index (χ1) is 13.6. The van der Waals surface area contributed by atoms with Crippen molar-refractivity contribution in [2.75, 3.05) is 10.6 Å². The van der Waals surface area contributed by atoms with Gasteiger partial charge in [0.05, 0.1) is 5.41 Å². The number of carbonyl (C=O) groups excluding carboxylic acids is 2. The predicted molar refractivity (Wildman–Crippen MR) is 109 cm³/mol. The number of aryl methyl sites for hydroxylation is 1. The Balaban J connectivity index is 1.49. The molecule has 1 aliphatic carbocycles. The maximum atomic E-state index is 13.0. The van der Waals surface area contributed by atoms with Crippen molar-refractivity contribution in [3.8, 4) is 0 Å². The fourth-order valence-electron chi connectivity index (χ4n) is 3.34. The summed E-state index contributed by atoms with van der Waals surface area (Å²) in [5, 5.41) is 5.81. The maximum absolute atomic E-state index is 13.0. The summed E-state index contributed by atoms with van der Waals surface area (Å²) >= 11 is 0. The van der Waals surface area contributed by atoms with Crippen LogP contribution in [0.15, 0.2) is 73.1 Å². The molecule has 28 heavy (non-hydrogen) atoms. The minimum atomic E-state index is -0.457. The molecule has 1 fully saturated rings. The quantitative estimate of drug-likeness (QED) is 0.702. The van der Waals surface area contributed by atoms with Crippen molar-refractivity contribution in [3.05, 3.63) is 89.7 Å². The van der Waals surface area contributed by atoms with Crippen LogP contribution in [-0.2, 0) is 10.2 Å². The Morgan fingerprint density at radius 2 is 1.64 bits per heavy atom. The minimum Gasteiger partial charge on any atom is -0.325 e. The Bertz CT molecular complexity index is 1030. The molecule has 2 amide bonds. The molecular weight excluding hydrogens is 350 g/mol. The first kappa shape index (κ1) is 17.9. The molecule has 4 rings (SSSR count). The van der Waals surface area contributed by atoms with Crippen LogP contribution in [0.2, 0.25) is 0 Å². The first-order valence-electron chi connectivity index (χ1n) is 9.27. The number of aromatic nitrogens is 1. The van der Waals surface area contributed by atoms with E-state index in [0.717, 1.165) is 24.0 Å². The van der Waals surface area contributed by atoms with Crippen LogP contribution in [0.5, 0.6) is 0 Å². The van der Waals surface area contributed by atoms with E-state index in [9.17, 15) is 9.59 Å². The van der Waals surface area contributed by atoms with Gasteiger partial charge in [0.15, 0.2) is 0 Å². The van der Waals surface area contributed by atoms with E-state index in [1.165, 1.54) is 0 Å². The van der Waals surface area contributed by atoms with Crippen LogP contribution in [0.25, 0.3) is 0 Å². The molecule has 5 nitrogen and oxygen atoms in total. The van der Waals surface area contributed by atoms with Gasteiger partial charge in [-0.3, -0.25) is 14.6 Å². The predicted octanol–water partition coefficient (Wildman–Crippen LogP) is 4.31. The number of nitrogens with zero attached hydrogens (tertiary/aromatic N) is 1. The normalized spacial score (nSPS) is 14.2. The van der Waals surface area contributed by atoms with Crippen LogP contribution in [0, 0.1) is 6.92 Å². The summed E-state index contributed by atoms with van der Waals surface area (Å²) in [6.07, 6.45) is 4.91. The minimum absolute atomic E-state index is 0.0233. The van der Waals surface area contributed by atoms with Gasteiger partial charge in [-0.2, -0.15) is 0 Å². The topological polar surface area (TPSA) is 71.1 Å². The van der Waals surface area contributed by atoms with Gasteiger partial charge in [-0.15, -0.1) is 0 Å². The zero-order chi connectivity index (χ0) is 19.6. The Hall–Kier alpha value is -3.47. The van der Waals surface area contributed by atoms with Crippen LogP contribution in [0.4, 0.5) is 11.4 Å². The summed E-state index contributed by atoms with van der Waals surface area (Å²) in [5.41, 5.74) is 3.51. The van der Waals surface area contributed by atoms with E-state index in [1.807, 2.05) is 25.1 Å². The number of benzene rings is 2. The van der Waals surface area contributed by atoms with Crippen molar-refractivity contribution in [1.82, 2.24) is 4.98 Å². The van der Waals surface area contributed by atoms with Crippen molar-refractivity contribution in [2.24, 2.45) is 0 Å². The molecule has 3 aromatic rings. The van der Waals surface area contributed by atoms with Crippen molar-refractivity contribution < 1.29 is 9.59 Å². The number of hydrogen-bond acceptors (Lipinski definition) is 3. The maximum Gasteiger partial charge on any atom is 0.255 e. The molecule has 1 aromatic heterocycles. The number of rotatable bonds is 5. The summed E-state index contributed by atoms with van der Waals surface area (Å²) in [7, 11) is 0. The highest BCUT2D eigenvalue weighted by Gasteiger charge is 2.51. The van der Waals surface area contributed by atoms with Crippen molar-refractivity contribution in [2.45, 2.75) is 25.2 Å². The summed E-state index contributed by atoms with van der Waals surface area (Å²) < 4.78 is 0. The van der Waals surface area contributed by atoms with Gasteiger partial charge in [0.1, 0.15) is 0 Å². The Morgan fingerprint density at radius 1 is 0.893 bits per heavy atom. The molecule has 0 bridgehead atoms. The molecule has 0 saturated heterocycles. The fourth-order valence-corrected chi connectivity index (χ4v) is 3.34. The number of pyridine rings is 1. The first-order valence-corrected chi connectivity index (χ1v) is 9.27. The standard InChI is InChI=1S/C23H21N3O2/c1-16-4-2-6-18(14-16)23(10-11-23)22(28)26-20-7-3-5-17(15-20)21(27)25-19-8-12-24-13-9-19/h2-9,12-15H,10-11H2,1H3,(H,26,28)(H,24,25,27). The molecule has 0 unspecified atom stereocenters. The zero-order valence-electron chi connectivity index (χ0n) is 15.6. The highest BCUT2D eigenvalue weighted by Crippen LogP contribution is 2.49. The van der Waals surface area contributed by atoms with Gasteiger partial charge < -0.3 is 10.6 Å². The van der Waals surface area contributed by atoms with Gasteiger partial charge in [0.2, 0.25) is 5.91 Å². The number of nitrogens with one attached hydrogen (secondary N) is 2. The van der Waals surface area contributed by atoms with Gasteiger partial charge in [0.25, 0.3) is 5.91 Å². The Morgan fingerprint density at radius 3 is 2.36 bits per heavy atom. The smallest absolute Gasteiger partial charge is 0.255 e. The lowest BCUT2D eigenvalue weighted by Gasteiger charge is -2.17. The van der Waals surface area contributed by atoms with Gasteiger partial charge >= 0.3 is 0 Å². The molecule has 1 heterocycles. The van der Waals surface area contributed by atoms with Gasteiger partial charge in [-0.05, 0) is 55.7 Å². The molecule has 1 aliphatic rings. The lowest BCUT2D eigenvalue weighted by Crippen LogP contribution is -2.28. The summed E-state index contributed by atoms with van der Waals surface area (Å²) in [5.74, 6) is -0.257. The third-order valence-corrected chi connectivity index (χ3v) is 5.08. The second kappa shape index (κ2) is 7.27. The van der Waals surface area contributed by atoms with Gasteiger partial charge in [-0.25, -0.2) is 0 Å². The fraction of sp³-hybridized carbons (Fsp3) is 0.174. The molecule has 140 valence electrons. The monoisotopic (exact) mass is 371 g/mol. The van der Waals surface area contributed by atoms with E-state index in [2.05, 4.69) is 21.7 Å². The molecule has 2 N–H and O–H groups in total. The summed E-state index contributed by atoms with van der Waals surface area (Å²) in [4.78, 5) is 29.4. The largest absolute Gasteiger partial charge is 0.325 e. The van der Waals surface area contributed by atoms with Crippen molar-refractivity contribution in [1.29, 1.82) is 0 Å². The van der Waals surface area contributed by atoms with Crippen LogP contribution in [0.3, 0.4) is 0 Å². The number of carbonyl (C=O) groups is 2. The average Bonchev–Trinajstić information content (AvgIpc) is 3.51. The number of hydrogen-bond donors (Lipinski definition) is 2.